The zero-order valence-corrected chi connectivity index (χ0v) is 34.1. The Kier molecular flexibility index (Phi) is 21.0. The van der Waals surface area contributed by atoms with Crippen molar-refractivity contribution >= 4 is 29.8 Å². The van der Waals surface area contributed by atoms with E-state index in [1.165, 1.54) is 65.4 Å². The van der Waals surface area contributed by atoms with Crippen molar-refractivity contribution in [3.63, 3.8) is 0 Å². The maximum absolute atomic E-state index is 13.6. The zero-order valence-electron chi connectivity index (χ0n) is 34.1. The molecule has 0 spiro atoms. The Morgan fingerprint density at radius 3 is 1.74 bits per heavy atom. The molecule has 0 saturated heterocycles. The zero-order chi connectivity index (χ0) is 41.6. The van der Waals surface area contributed by atoms with Crippen molar-refractivity contribution in [2.45, 2.75) is 142 Å². The smallest absolute Gasteiger partial charge is 0.338 e. The van der Waals surface area contributed by atoms with Gasteiger partial charge in [-0.15, -0.1) is 0 Å². The van der Waals surface area contributed by atoms with E-state index in [9.17, 15) is 24.0 Å². The SMILES string of the molecule is CCCCCCCCCCCCC(C)[C@@H](OC(=O)c1ccccc1)[C@@H](OC(=O)c1ccccc1)[C@@H](N)COC1OC(COC(C)=O)C(OC(C)=O)=CC1OC(C)=O. The first-order chi connectivity index (χ1) is 27.4. The number of benzene rings is 2. The van der Waals surface area contributed by atoms with Gasteiger partial charge in [0.15, 0.2) is 24.6 Å². The van der Waals surface area contributed by atoms with E-state index in [0.717, 1.165) is 25.7 Å². The van der Waals surface area contributed by atoms with Crippen molar-refractivity contribution < 1.29 is 57.1 Å². The van der Waals surface area contributed by atoms with E-state index in [4.69, 9.17) is 38.9 Å². The average Bonchev–Trinajstić information content (AvgIpc) is 3.18. The van der Waals surface area contributed by atoms with E-state index in [0.29, 0.717) is 12.0 Å². The van der Waals surface area contributed by atoms with Crippen LogP contribution in [0.25, 0.3) is 0 Å². The first kappa shape index (κ1) is 46.8. The van der Waals surface area contributed by atoms with Gasteiger partial charge in [-0.25, -0.2) is 9.59 Å². The fourth-order valence-corrected chi connectivity index (χ4v) is 6.51. The van der Waals surface area contributed by atoms with Crippen LogP contribution < -0.4 is 5.73 Å². The van der Waals surface area contributed by atoms with Crippen molar-refractivity contribution in [1.29, 1.82) is 0 Å². The molecule has 0 aromatic heterocycles. The van der Waals surface area contributed by atoms with E-state index in [1.54, 1.807) is 60.7 Å². The Hall–Kier alpha value is -4.59. The highest BCUT2D eigenvalue weighted by atomic mass is 16.7. The van der Waals surface area contributed by atoms with Gasteiger partial charge < -0.3 is 38.9 Å². The topological polar surface area (TPSA) is 176 Å². The number of hydrogen-bond donors (Lipinski definition) is 1. The van der Waals surface area contributed by atoms with E-state index < -0.39 is 66.6 Å². The third-order valence-electron chi connectivity index (χ3n) is 9.49. The molecule has 2 aromatic rings. The summed E-state index contributed by atoms with van der Waals surface area (Å²) in [6, 6.07) is 15.8. The highest BCUT2D eigenvalue weighted by Crippen LogP contribution is 2.28. The fourth-order valence-electron chi connectivity index (χ4n) is 6.51. The Bertz CT molecular complexity index is 1570. The second kappa shape index (κ2) is 25.6. The third-order valence-corrected chi connectivity index (χ3v) is 9.49. The molecular formula is C44H61NO12. The first-order valence-corrected chi connectivity index (χ1v) is 20.1. The number of unbranched alkanes of at least 4 members (excludes halogenated alkanes) is 9. The molecule has 3 rings (SSSR count). The summed E-state index contributed by atoms with van der Waals surface area (Å²) in [6.45, 7) is 7.06. The van der Waals surface area contributed by atoms with Crippen LogP contribution in [0.15, 0.2) is 72.5 Å². The minimum absolute atomic E-state index is 0.0393. The third kappa shape index (κ3) is 17.2. The minimum Gasteiger partial charge on any atom is -0.463 e. The van der Waals surface area contributed by atoms with Crippen LogP contribution in [0.2, 0.25) is 0 Å². The molecule has 13 heteroatoms. The molecule has 7 atom stereocenters. The van der Waals surface area contributed by atoms with E-state index >= 15 is 0 Å². The molecule has 1 heterocycles. The summed E-state index contributed by atoms with van der Waals surface area (Å²) < 4.78 is 40.3. The molecule has 0 radical (unpaired) electrons. The predicted octanol–water partition coefficient (Wildman–Crippen LogP) is 7.40. The summed E-state index contributed by atoms with van der Waals surface area (Å²) in [5.41, 5.74) is 7.42. The van der Waals surface area contributed by atoms with Gasteiger partial charge in [0.05, 0.1) is 23.8 Å². The van der Waals surface area contributed by atoms with Crippen molar-refractivity contribution in [2.75, 3.05) is 13.2 Å². The van der Waals surface area contributed by atoms with Crippen molar-refractivity contribution in [3.05, 3.63) is 83.6 Å². The monoisotopic (exact) mass is 795 g/mol. The number of hydrogen-bond acceptors (Lipinski definition) is 13. The van der Waals surface area contributed by atoms with Gasteiger partial charge in [0, 0.05) is 26.8 Å². The largest absolute Gasteiger partial charge is 0.463 e. The van der Waals surface area contributed by atoms with Gasteiger partial charge in [0.25, 0.3) is 0 Å². The first-order valence-electron chi connectivity index (χ1n) is 20.1. The molecule has 4 unspecified atom stereocenters. The van der Waals surface area contributed by atoms with Gasteiger partial charge in [-0.1, -0.05) is 114 Å². The maximum Gasteiger partial charge on any atom is 0.338 e. The van der Waals surface area contributed by atoms with Crippen LogP contribution >= 0.6 is 0 Å². The predicted molar refractivity (Wildman–Crippen MR) is 212 cm³/mol. The lowest BCUT2D eigenvalue weighted by Gasteiger charge is -2.37. The number of esters is 5. The molecule has 2 aromatic carbocycles. The highest BCUT2D eigenvalue weighted by molar-refractivity contribution is 5.90. The van der Waals surface area contributed by atoms with Gasteiger partial charge in [-0.2, -0.15) is 0 Å². The van der Waals surface area contributed by atoms with Gasteiger partial charge in [0.1, 0.15) is 18.5 Å². The molecule has 57 heavy (non-hydrogen) atoms. The van der Waals surface area contributed by atoms with Crippen LogP contribution in [-0.2, 0) is 47.5 Å². The summed E-state index contributed by atoms with van der Waals surface area (Å²) in [5, 5.41) is 0. The molecule has 0 amide bonds. The van der Waals surface area contributed by atoms with E-state index in [-0.39, 0.29) is 30.5 Å². The second-order valence-electron chi connectivity index (χ2n) is 14.4. The quantitative estimate of drug-likeness (QED) is 0.0599. The molecule has 1 aliphatic rings. The summed E-state index contributed by atoms with van der Waals surface area (Å²) in [5.74, 6) is -3.57. The molecule has 0 bridgehead atoms. The molecular weight excluding hydrogens is 734 g/mol. The standard InChI is InChI=1S/C44H61NO12/c1-6-7-8-9-10-11-12-13-14-17-22-30(2)40(56-42(49)34-23-18-15-19-24-34)41(57-43(50)35-25-20-16-21-26-35)36(45)28-52-44-38(54-33(5)48)27-37(53-32(4)47)39(55-44)29-51-31(3)46/h15-16,18-21,23-27,30,36,38-41,44H,6-14,17,22,28-29,45H2,1-5H3/t30?,36-,38?,39?,40+,41-,44?/m0/s1. The van der Waals surface area contributed by atoms with Gasteiger partial charge >= 0.3 is 29.8 Å². The summed E-state index contributed by atoms with van der Waals surface area (Å²) in [4.78, 5) is 62.9. The van der Waals surface area contributed by atoms with Crippen LogP contribution in [-0.4, -0.2) is 79.8 Å². The molecule has 314 valence electrons. The fraction of sp³-hybridized carbons (Fsp3) is 0.568. The van der Waals surface area contributed by atoms with E-state index in [1.807, 2.05) is 6.92 Å². The second-order valence-corrected chi connectivity index (χ2v) is 14.4. The Morgan fingerprint density at radius 1 is 0.702 bits per heavy atom. The Labute approximate surface area is 336 Å². The van der Waals surface area contributed by atoms with Crippen molar-refractivity contribution in [3.8, 4) is 0 Å². The van der Waals surface area contributed by atoms with Crippen molar-refractivity contribution in [1.82, 2.24) is 0 Å². The van der Waals surface area contributed by atoms with Crippen molar-refractivity contribution in [2.24, 2.45) is 11.7 Å². The molecule has 0 saturated carbocycles. The molecule has 2 N–H and O–H groups in total. The lowest BCUT2D eigenvalue weighted by Crippen LogP contribution is -2.53. The highest BCUT2D eigenvalue weighted by Gasteiger charge is 2.41. The summed E-state index contributed by atoms with van der Waals surface area (Å²) >= 11 is 0. The summed E-state index contributed by atoms with van der Waals surface area (Å²) in [7, 11) is 0. The molecule has 1 aliphatic heterocycles. The minimum atomic E-state index is -1.32. The van der Waals surface area contributed by atoms with Gasteiger partial charge in [-0.3, -0.25) is 14.4 Å². The number of rotatable bonds is 25. The number of nitrogens with two attached hydrogens (primary N) is 1. The number of carbonyl (C=O) groups is 5. The average molecular weight is 796 g/mol. The molecule has 13 nitrogen and oxygen atoms in total. The van der Waals surface area contributed by atoms with Crippen LogP contribution in [0, 0.1) is 5.92 Å². The van der Waals surface area contributed by atoms with Gasteiger partial charge in [0.2, 0.25) is 0 Å². The Morgan fingerprint density at radius 2 is 1.23 bits per heavy atom. The normalized spacial score (nSPS) is 18.6. The van der Waals surface area contributed by atoms with Crippen LogP contribution in [0.5, 0.6) is 0 Å². The van der Waals surface area contributed by atoms with Crippen LogP contribution in [0.3, 0.4) is 0 Å². The Balaban J connectivity index is 1.87. The molecule has 0 aliphatic carbocycles. The number of carbonyl (C=O) groups excluding carboxylic acids is 5. The lowest BCUT2D eigenvalue weighted by atomic mass is 9.90. The summed E-state index contributed by atoms with van der Waals surface area (Å²) in [6.07, 6.45) is 7.79. The van der Waals surface area contributed by atoms with E-state index in [2.05, 4.69) is 6.92 Å². The molecule has 0 fully saturated rings. The van der Waals surface area contributed by atoms with Crippen LogP contribution in [0.4, 0.5) is 0 Å². The van der Waals surface area contributed by atoms with Gasteiger partial charge in [-0.05, 0) is 36.6 Å². The van der Waals surface area contributed by atoms with Crippen LogP contribution in [0.1, 0.15) is 126 Å². The lowest BCUT2D eigenvalue weighted by molar-refractivity contribution is -0.233. The maximum atomic E-state index is 13.6. The number of ether oxygens (including phenoxy) is 7.